The van der Waals surface area contributed by atoms with Gasteiger partial charge in [0, 0.05) is 43.3 Å². The molecule has 0 N–H and O–H groups in total. The fourth-order valence-electron chi connectivity index (χ4n) is 3.54. The Kier molecular flexibility index (Phi) is 6.00. The molecule has 1 atom stereocenters. The van der Waals surface area contributed by atoms with Gasteiger partial charge in [0.25, 0.3) is 0 Å². The first kappa shape index (κ1) is 19.6. The van der Waals surface area contributed by atoms with E-state index in [4.69, 9.17) is 16.6 Å². The molecule has 1 amide bonds. The van der Waals surface area contributed by atoms with Crippen LogP contribution in [0.1, 0.15) is 44.8 Å². The second kappa shape index (κ2) is 8.26. The molecule has 0 spiro atoms. The average molecular weight is 387 g/mol. The predicted molar refractivity (Wildman–Crippen MR) is 110 cm³/mol. The van der Waals surface area contributed by atoms with E-state index in [1.807, 2.05) is 68.2 Å². The first-order valence-corrected chi connectivity index (χ1v) is 9.87. The van der Waals surface area contributed by atoms with E-state index in [-0.39, 0.29) is 17.9 Å². The third-order valence-corrected chi connectivity index (χ3v) is 5.17. The van der Waals surface area contributed by atoms with E-state index in [9.17, 15) is 4.79 Å². The van der Waals surface area contributed by atoms with Gasteiger partial charge in [-0.15, -0.1) is 0 Å². The van der Waals surface area contributed by atoms with Gasteiger partial charge in [0.1, 0.15) is 0 Å². The summed E-state index contributed by atoms with van der Waals surface area (Å²) in [5, 5.41) is 0.675. The summed E-state index contributed by atoms with van der Waals surface area (Å²) in [6.07, 6.45) is 4.89. The fourth-order valence-corrected chi connectivity index (χ4v) is 3.73. The van der Waals surface area contributed by atoms with Crippen LogP contribution in [0.25, 0.3) is 11.1 Å². The Hall–Kier alpha value is -2.14. The maximum atomic E-state index is 12.9. The normalized spacial score (nSPS) is 17.3. The molecule has 2 aromatic rings. The van der Waals surface area contributed by atoms with Gasteiger partial charge in [-0.3, -0.25) is 4.79 Å². The van der Waals surface area contributed by atoms with Crippen LogP contribution >= 0.6 is 11.6 Å². The number of piperidine rings is 1. The van der Waals surface area contributed by atoms with E-state index in [2.05, 4.69) is 4.98 Å². The zero-order valence-electron chi connectivity index (χ0n) is 16.4. The Morgan fingerprint density at radius 1 is 1.30 bits per heavy atom. The fraction of sp³-hybridized carbons (Fsp3) is 0.476. The molecule has 1 aromatic heterocycles. The van der Waals surface area contributed by atoms with E-state index in [1.165, 1.54) is 0 Å². The first-order chi connectivity index (χ1) is 12.9. The number of halogens is 1. The summed E-state index contributed by atoms with van der Waals surface area (Å²) in [7, 11) is 3.85. The molecule has 27 heavy (non-hydrogen) atoms. The standard InChI is InChI=1S/C21H27ClN4O/c1-14(2)20(27)26-11-6-5-10-18(26)19-17(13-23-21(24-19)25(3)4)15-8-7-9-16(22)12-15/h7-9,12-14,18H,5-6,10-11H2,1-4H3/t18-/m0/s1. The molecule has 6 heteroatoms. The molecule has 3 rings (SSSR count). The number of carbonyl (C=O) groups excluding carboxylic acids is 1. The van der Waals surface area contributed by atoms with Gasteiger partial charge in [0.2, 0.25) is 11.9 Å². The smallest absolute Gasteiger partial charge is 0.225 e. The summed E-state index contributed by atoms with van der Waals surface area (Å²) >= 11 is 6.22. The van der Waals surface area contributed by atoms with Crippen LogP contribution in [0.15, 0.2) is 30.5 Å². The number of benzene rings is 1. The molecular weight excluding hydrogens is 360 g/mol. The molecule has 0 saturated carbocycles. The monoisotopic (exact) mass is 386 g/mol. The van der Waals surface area contributed by atoms with Crippen LogP contribution in [0.5, 0.6) is 0 Å². The molecule has 0 aliphatic carbocycles. The summed E-state index contributed by atoms with van der Waals surface area (Å²) in [6, 6.07) is 7.69. The highest BCUT2D eigenvalue weighted by atomic mass is 35.5. The third-order valence-electron chi connectivity index (χ3n) is 4.94. The van der Waals surface area contributed by atoms with E-state index < -0.39 is 0 Å². The number of aromatic nitrogens is 2. The van der Waals surface area contributed by atoms with Crippen molar-refractivity contribution in [3.05, 3.63) is 41.2 Å². The lowest BCUT2D eigenvalue weighted by Crippen LogP contribution is -2.41. The number of amides is 1. The van der Waals surface area contributed by atoms with Crippen molar-refractivity contribution in [1.82, 2.24) is 14.9 Å². The summed E-state index contributed by atoms with van der Waals surface area (Å²) < 4.78 is 0. The maximum absolute atomic E-state index is 12.9. The van der Waals surface area contributed by atoms with E-state index in [0.717, 1.165) is 42.6 Å². The molecule has 1 fully saturated rings. The summed E-state index contributed by atoms with van der Waals surface area (Å²) in [5.74, 6) is 0.801. The molecule has 2 heterocycles. The van der Waals surface area contributed by atoms with Crippen molar-refractivity contribution in [3.63, 3.8) is 0 Å². The first-order valence-electron chi connectivity index (χ1n) is 9.49. The highest BCUT2D eigenvalue weighted by molar-refractivity contribution is 6.30. The van der Waals surface area contributed by atoms with Crippen LogP contribution in [-0.4, -0.2) is 41.4 Å². The molecule has 0 bridgehead atoms. The topological polar surface area (TPSA) is 49.3 Å². The van der Waals surface area contributed by atoms with Crippen LogP contribution in [0.4, 0.5) is 5.95 Å². The van der Waals surface area contributed by atoms with Gasteiger partial charge in [-0.1, -0.05) is 37.6 Å². The van der Waals surface area contributed by atoms with Crippen molar-refractivity contribution < 1.29 is 4.79 Å². The zero-order valence-corrected chi connectivity index (χ0v) is 17.2. The zero-order chi connectivity index (χ0) is 19.6. The SMILES string of the molecule is CC(C)C(=O)N1CCCC[C@H]1c1nc(N(C)C)ncc1-c1cccc(Cl)c1. The minimum absolute atomic E-state index is 0.0321. The Bertz CT molecular complexity index is 822. The van der Waals surface area contributed by atoms with Crippen molar-refractivity contribution in [2.45, 2.75) is 39.2 Å². The number of nitrogens with zero attached hydrogens (tertiary/aromatic N) is 4. The number of hydrogen-bond acceptors (Lipinski definition) is 4. The third kappa shape index (κ3) is 4.24. The molecular formula is C21H27ClN4O. The molecule has 1 aliphatic heterocycles. The maximum Gasteiger partial charge on any atom is 0.225 e. The molecule has 0 unspecified atom stereocenters. The minimum atomic E-state index is -0.0377. The van der Waals surface area contributed by atoms with Gasteiger partial charge in [-0.05, 0) is 37.0 Å². The van der Waals surface area contributed by atoms with Crippen molar-refractivity contribution in [2.24, 2.45) is 5.92 Å². The Labute approximate surface area is 166 Å². The lowest BCUT2D eigenvalue weighted by atomic mass is 9.93. The van der Waals surface area contributed by atoms with E-state index in [0.29, 0.717) is 11.0 Å². The summed E-state index contributed by atoms with van der Waals surface area (Å²) in [4.78, 5) is 26.1. The second-order valence-corrected chi connectivity index (χ2v) is 8.01. The lowest BCUT2D eigenvalue weighted by molar-refractivity contribution is -0.138. The lowest BCUT2D eigenvalue weighted by Gasteiger charge is -2.37. The van der Waals surface area contributed by atoms with Gasteiger partial charge in [-0.2, -0.15) is 0 Å². The Morgan fingerprint density at radius 3 is 2.74 bits per heavy atom. The number of anilines is 1. The van der Waals surface area contributed by atoms with E-state index >= 15 is 0 Å². The van der Waals surface area contributed by atoms with Crippen LogP contribution in [0, 0.1) is 5.92 Å². The van der Waals surface area contributed by atoms with Crippen molar-refractivity contribution >= 4 is 23.5 Å². The van der Waals surface area contributed by atoms with Crippen LogP contribution in [0.3, 0.4) is 0 Å². The quantitative estimate of drug-likeness (QED) is 0.772. The van der Waals surface area contributed by atoms with Crippen molar-refractivity contribution in [3.8, 4) is 11.1 Å². The van der Waals surface area contributed by atoms with E-state index in [1.54, 1.807) is 0 Å². The van der Waals surface area contributed by atoms with Gasteiger partial charge >= 0.3 is 0 Å². The Morgan fingerprint density at radius 2 is 2.07 bits per heavy atom. The molecule has 144 valence electrons. The number of rotatable bonds is 4. The predicted octanol–water partition coefficient (Wildman–Crippen LogP) is 4.57. The summed E-state index contributed by atoms with van der Waals surface area (Å²) in [6.45, 7) is 4.69. The highest BCUT2D eigenvalue weighted by Gasteiger charge is 2.32. The van der Waals surface area contributed by atoms with Crippen molar-refractivity contribution in [1.29, 1.82) is 0 Å². The van der Waals surface area contributed by atoms with Crippen LogP contribution in [-0.2, 0) is 4.79 Å². The molecule has 0 radical (unpaired) electrons. The number of likely N-dealkylation sites (tertiary alicyclic amines) is 1. The van der Waals surface area contributed by atoms with Gasteiger partial charge in [-0.25, -0.2) is 9.97 Å². The van der Waals surface area contributed by atoms with Gasteiger partial charge < -0.3 is 9.80 Å². The van der Waals surface area contributed by atoms with Crippen molar-refractivity contribution in [2.75, 3.05) is 25.5 Å². The second-order valence-electron chi connectivity index (χ2n) is 7.57. The van der Waals surface area contributed by atoms with Crippen LogP contribution in [0.2, 0.25) is 5.02 Å². The largest absolute Gasteiger partial charge is 0.347 e. The molecule has 1 saturated heterocycles. The average Bonchev–Trinajstić information content (AvgIpc) is 2.66. The number of carbonyl (C=O) groups is 1. The van der Waals surface area contributed by atoms with Crippen LogP contribution < -0.4 is 4.90 Å². The van der Waals surface area contributed by atoms with Gasteiger partial charge in [0.15, 0.2) is 0 Å². The summed E-state index contributed by atoms with van der Waals surface area (Å²) in [5.41, 5.74) is 2.83. The number of hydrogen-bond donors (Lipinski definition) is 0. The van der Waals surface area contributed by atoms with Gasteiger partial charge in [0.05, 0.1) is 11.7 Å². The molecule has 1 aliphatic rings. The highest BCUT2D eigenvalue weighted by Crippen LogP contribution is 2.37. The Balaban J connectivity index is 2.13. The molecule has 5 nitrogen and oxygen atoms in total. The molecule has 1 aromatic carbocycles. The minimum Gasteiger partial charge on any atom is -0.347 e.